The van der Waals surface area contributed by atoms with E-state index in [0.717, 1.165) is 36.7 Å². The van der Waals surface area contributed by atoms with E-state index in [1.54, 1.807) is 0 Å². The van der Waals surface area contributed by atoms with Crippen molar-refractivity contribution >= 4 is 11.5 Å². The van der Waals surface area contributed by atoms with Crippen molar-refractivity contribution in [3.05, 3.63) is 17.8 Å². The van der Waals surface area contributed by atoms with E-state index >= 15 is 0 Å². The van der Waals surface area contributed by atoms with E-state index in [-0.39, 0.29) is 0 Å². The zero-order valence-corrected chi connectivity index (χ0v) is 9.75. The van der Waals surface area contributed by atoms with Crippen LogP contribution in [0.25, 0.3) is 0 Å². The fourth-order valence-electron chi connectivity index (χ4n) is 1.38. The third-order valence-corrected chi connectivity index (χ3v) is 2.42. The molecule has 0 aliphatic carbocycles. The molecule has 0 atom stereocenters. The third-order valence-electron chi connectivity index (χ3n) is 2.42. The average Bonchev–Trinajstić information content (AvgIpc) is 2.22. The van der Waals surface area contributed by atoms with Crippen LogP contribution < -0.4 is 16.0 Å². The maximum Gasteiger partial charge on any atom is 0.128 e. The molecule has 0 saturated carbocycles. The predicted octanol–water partition coefficient (Wildman–Crippen LogP) is 1.02. The van der Waals surface area contributed by atoms with Gasteiger partial charge in [-0.25, -0.2) is 4.98 Å². The Balaban J connectivity index is 2.57. The lowest BCUT2D eigenvalue weighted by atomic mass is 10.3. The SMILES string of the molecule is CNCCCN(C)c1ccc(N)c(C)n1. The summed E-state index contributed by atoms with van der Waals surface area (Å²) in [6, 6.07) is 3.87. The monoisotopic (exact) mass is 208 g/mol. The zero-order valence-electron chi connectivity index (χ0n) is 9.75. The Morgan fingerprint density at radius 3 is 2.80 bits per heavy atom. The summed E-state index contributed by atoms with van der Waals surface area (Å²) in [6.07, 6.45) is 1.11. The summed E-state index contributed by atoms with van der Waals surface area (Å²) in [7, 11) is 4.01. The summed E-state index contributed by atoms with van der Waals surface area (Å²) >= 11 is 0. The smallest absolute Gasteiger partial charge is 0.128 e. The lowest BCUT2D eigenvalue weighted by Crippen LogP contribution is -2.23. The molecule has 4 nitrogen and oxygen atoms in total. The molecule has 0 aliphatic heterocycles. The number of hydrogen-bond donors (Lipinski definition) is 2. The van der Waals surface area contributed by atoms with Crippen molar-refractivity contribution in [2.24, 2.45) is 0 Å². The van der Waals surface area contributed by atoms with Gasteiger partial charge < -0.3 is 16.0 Å². The van der Waals surface area contributed by atoms with Gasteiger partial charge in [0.05, 0.1) is 11.4 Å². The molecule has 1 heterocycles. The van der Waals surface area contributed by atoms with Crippen LogP contribution >= 0.6 is 0 Å². The van der Waals surface area contributed by atoms with E-state index in [1.165, 1.54) is 0 Å². The van der Waals surface area contributed by atoms with Crippen LogP contribution in [0.4, 0.5) is 11.5 Å². The van der Waals surface area contributed by atoms with Crippen molar-refractivity contribution in [1.29, 1.82) is 0 Å². The van der Waals surface area contributed by atoms with Gasteiger partial charge in [0.25, 0.3) is 0 Å². The van der Waals surface area contributed by atoms with Crippen LogP contribution in [0.1, 0.15) is 12.1 Å². The highest BCUT2D eigenvalue weighted by molar-refractivity contribution is 5.49. The number of nitrogens with one attached hydrogen (secondary N) is 1. The second kappa shape index (κ2) is 5.56. The summed E-state index contributed by atoms with van der Waals surface area (Å²) < 4.78 is 0. The quantitative estimate of drug-likeness (QED) is 0.709. The number of anilines is 2. The molecular formula is C11H20N4. The van der Waals surface area contributed by atoms with E-state index in [2.05, 4.69) is 15.2 Å². The number of aromatic nitrogens is 1. The van der Waals surface area contributed by atoms with Gasteiger partial charge in [-0.2, -0.15) is 0 Å². The number of aryl methyl sites for hydroxylation is 1. The van der Waals surface area contributed by atoms with E-state index in [9.17, 15) is 0 Å². The first kappa shape index (κ1) is 11.8. The van der Waals surface area contributed by atoms with Gasteiger partial charge in [0, 0.05) is 13.6 Å². The van der Waals surface area contributed by atoms with E-state index in [4.69, 9.17) is 5.73 Å². The van der Waals surface area contributed by atoms with Crippen LogP contribution in [0.3, 0.4) is 0 Å². The summed E-state index contributed by atoms with van der Waals surface area (Å²) in [4.78, 5) is 6.57. The Morgan fingerprint density at radius 2 is 2.20 bits per heavy atom. The second-order valence-corrected chi connectivity index (χ2v) is 3.72. The van der Waals surface area contributed by atoms with Gasteiger partial charge >= 0.3 is 0 Å². The molecule has 15 heavy (non-hydrogen) atoms. The van der Waals surface area contributed by atoms with Gasteiger partial charge in [0.1, 0.15) is 5.82 Å². The summed E-state index contributed by atoms with van der Waals surface area (Å²) in [5, 5.41) is 3.13. The highest BCUT2D eigenvalue weighted by atomic mass is 15.2. The average molecular weight is 208 g/mol. The first-order valence-electron chi connectivity index (χ1n) is 5.24. The minimum atomic E-state index is 0.752. The van der Waals surface area contributed by atoms with Crippen LogP contribution in [-0.2, 0) is 0 Å². The lowest BCUT2D eigenvalue weighted by molar-refractivity contribution is 0.709. The predicted molar refractivity (Wildman–Crippen MR) is 65.2 cm³/mol. The maximum atomic E-state index is 5.72. The first-order chi connectivity index (χ1) is 7.15. The molecule has 3 N–H and O–H groups in total. The fraction of sp³-hybridized carbons (Fsp3) is 0.545. The Morgan fingerprint density at radius 1 is 1.47 bits per heavy atom. The van der Waals surface area contributed by atoms with Gasteiger partial charge in [0.15, 0.2) is 0 Å². The van der Waals surface area contributed by atoms with Gasteiger partial charge in [0.2, 0.25) is 0 Å². The Kier molecular flexibility index (Phi) is 4.37. The molecule has 1 aromatic heterocycles. The molecule has 1 rings (SSSR count). The number of nitrogens with two attached hydrogens (primary N) is 1. The molecule has 0 aromatic carbocycles. The molecule has 0 fully saturated rings. The molecule has 0 aliphatic rings. The summed E-state index contributed by atoms with van der Waals surface area (Å²) in [6.45, 7) is 3.95. The van der Waals surface area contributed by atoms with Crippen molar-refractivity contribution in [2.75, 3.05) is 37.8 Å². The number of nitrogen functional groups attached to an aromatic ring is 1. The van der Waals surface area contributed by atoms with Gasteiger partial charge in [-0.05, 0) is 39.1 Å². The molecule has 0 amide bonds. The van der Waals surface area contributed by atoms with E-state index < -0.39 is 0 Å². The molecule has 0 bridgehead atoms. The van der Waals surface area contributed by atoms with Crippen LogP contribution in [-0.4, -0.2) is 32.2 Å². The van der Waals surface area contributed by atoms with E-state index in [1.807, 2.05) is 33.2 Å². The highest BCUT2D eigenvalue weighted by Gasteiger charge is 2.03. The molecule has 84 valence electrons. The van der Waals surface area contributed by atoms with Gasteiger partial charge in [-0.3, -0.25) is 0 Å². The topological polar surface area (TPSA) is 54.2 Å². The van der Waals surface area contributed by atoms with Crippen molar-refractivity contribution in [3.8, 4) is 0 Å². The summed E-state index contributed by atoms with van der Waals surface area (Å²) in [5.74, 6) is 0.984. The number of rotatable bonds is 5. The first-order valence-corrected chi connectivity index (χ1v) is 5.24. The molecule has 0 spiro atoms. The van der Waals surface area contributed by atoms with Crippen molar-refractivity contribution in [1.82, 2.24) is 10.3 Å². The molecule has 0 unspecified atom stereocenters. The normalized spacial score (nSPS) is 10.3. The van der Waals surface area contributed by atoms with Crippen molar-refractivity contribution in [2.45, 2.75) is 13.3 Å². The van der Waals surface area contributed by atoms with E-state index in [0.29, 0.717) is 0 Å². The largest absolute Gasteiger partial charge is 0.397 e. The van der Waals surface area contributed by atoms with Crippen LogP contribution in [0.2, 0.25) is 0 Å². The molecular weight excluding hydrogens is 188 g/mol. The van der Waals surface area contributed by atoms with Crippen LogP contribution in [0, 0.1) is 6.92 Å². The number of nitrogens with zero attached hydrogens (tertiary/aromatic N) is 2. The molecule has 0 radical (unpaired) electrons. The second-order valence-electron chi connectivity index (χ2n) is 3.72. The third kappa shape index (κ3) is 3.40. The van der Waals surface area contributed by atoms with Gasteiger partial charge in [-0.1, -0.05) is 0 Å². The minimum Gasteiger partial charge on any atom is -0.397 e. The Labute approximate surface area is 91.5 Å². The number of pyridine rings is 1. The molecule has 0 saturated heterocycles. The lowest BCUT2D eigenvalue weighted by Gasteiger charge is -2.18. The maximum absolute atomic E-state index is 5.72. The fourth-order valence-corrected chi connectivity index (χ4v) is 1.38. The highest BCUT2D eigenvalue weighted by Crippen LogP contribution is 2.14. The molecule has 1 aromatic rings. The Hall–Kier alpha value is -1.29. The standard InChI is InChI=1S/C11H20N4/c1-9-10(12)5-6-11(14-9)15(3)8-4-7-13-2/h5-6,13H,4,7-8,12H2,1-3H3. The summed E-state index contributed by atoms with van der Waals surface area (Å²) in [5.41, 5.74) is 7.37. The van der Waals surface area contributed by atoms with Gasteiger partial charge in [-0.15, -0.1) is 0 Å². The Bertz CT molecular complexity index is 311. The van der Waals surface area contributed by atoms with Crippen molar-refractivity contribution < 1.29 is 0 Å². The van der Waals surface area contributed by atoms with Crippen LogP contribution in [0.15, 0.2) is 12.1 Å². The zero-order chi connectivity index (χ0) is 11.3. The molecule has 4 heteroatoms. The number of hydrogen-bond acceptors (Lipinski definition) is 4. The van der Waals surface area contributed by atoms with Crippen molar-refractivity contribution in [3.63, 3.8) is 0 Å². The van der Waals surface area contributed by atoms with Crippen LogP contribution in [0.5, 0.6) is 0 Å². The minimum absolute atomic E-state index is 0.752.